The van der Waals surface area contributed by atoms with Crippen molar-refractivity contribution in [3.05, 3.63) is 29.8 Å². The number of carboxylic acid groups (broad SMARTS) is 1. The smallest absolute Gasteiger partial charge is 0.326 e. The van der Waals surface area contributed by atoms with E-state index in [9.17, 15) is 29.4 Å². The number of phenolic OH excluding ortho intramolecular Hbond substituents is 1. The second-order valence-electron chi connectivity index (χ2n) is 9.86. The number of nitrogens with two attached hydrogens (primary N) is 3. The van der Waals surface area contributed by atoms with E-state index in [4.69, 9.17) is 17.2 Å². The number of carboxylic acids is 1. The maximum absolute atomic E-state index is 13.3. The number of hydrogen-bond acceptors (Lipinski definition) is 8. The van der Waals surface area contributed by atoms with Crippen LogP contribution >= 0.6 is 11.8 Å². The van der Waals surface area contributed by atoms with E-state index < -0.39 is 47.9 Å². The van der Waals surface area contributed by atoms with Crippen molar-refractivity contribution in [2.75, 3.05) is 18.6 Å². The van der Waals surface area contributed by atoms with E-state index >= 15 is 0 Å². The Labute approximate surface area is 239 Å². The van der Waals surface area contributed by atoms with Crippen molar-refractivity contribution in [1.82, 2.24) is 16.0 Å². The molecular weight excluding hydrogens is 538 g/mol. The molecule has 11 N–H and O–H groups in total. The Bertz CT molecular complexity index is 1000. The minimum atomic E-state index is -1.26. The summed E-state index contributed by atoms with van der Waals surface area (Å²) >= 11 is 1.47. The van der Waals surface area contributed by atoms with Gasteiger partial charge < -0.3 is 43.4 Å². The first-order valence-corrected chi connectivity index (χ1v) is 14.4. The van der Waals surface area contributed by atoms with Gasteiger partial charge in [0, 0.05) is 13.0 Å². The number of carbonyl (C=O) groups is 4. The lowest BCUT2D eigenvalue weighted by Gasteiger charge is -2.26. The summed E-state index contributed by atoms with van der Waals surface area (Å²) in [7, 11) is 0. The van der Waals surface area contributed by atoms with Gasteiger partial charge in [0.2, 0.25) is 17.7 Å². The van der Waals surface area contributed by atoms with Crippen LogP contribution in [0.2, 0.25) is 0 Å². The summed E-state index contributed by atoms with van der Waals surface area (Å²) in [6.07, 6.45) is 3.15. The Morgan fingerprint density at radius 3 is 2.05 bits per heavy atom. The number of thioether (sulfide) groups is 1. The topological polar surface area (TPSA) is 235 Å². The van der Waals surface area contributed by atoms with Gasteiger partial charge in [0.05, 0.1) is 6.04 Å². The lowest BCUT2D eigenvalue weighted by Crippen LogP contribution is -2.57. The van der Waals surface area contributed by atoms with E-state index in [2.05, 4.69) is 20.9 Å². The highest BCUT2D eigenvalue weighted by atomic mass is 32.2. The van der Waals surface area contributed by atoms with Gasteiger partial charge in [-0.1, -0.05) is 26.0 Å². The van der Waals surface area contributed by atoms with Gasteiger partial charge in [-0.2, -0.15) is 11.8 Å². The first-order chi connectivity index (χ1) is 18.8. The van der Waals surface area contributed by atoms with Crippen molar-refractivity contribution in [2.24, 2.45) is 28.1 Å². The van der Waals surface area contributed by atoms with Crippen LogP contribution in [0.3, 0.4) is 0 Å². The summed E-state index contributed by atoms with van der Waals surface area (Å²) in [5, 5.41) is 27.0. The lowest BCUT2D eigenvalue weighted by atomic mass is 10.0. The highest BCUT2D eigenvalue weighted by Gasteiger charge is 2.30. The molecule has 0 radical (unpaired) electrons. The number of nitrogens with one attached hydrogen (secondary N) is 3. The maximum Gasteiger partial charge on any atom is 0.326 e. The molecule has 14 heteroatoms. The SMILES string of the molecule is CSCCC(NC(=O)C(CC(C)C)NC(=O)C(N)CCCN=C(N)N)C(=O)NC(Cc1ccc(O)cc1)C(=O)O. The number of carbonyl (C=O) groups excluding carboxylic acids is 3. The Morgan fingerprint density at radius 1 is 0.925 bits per heavy atom. The number of benzene rings is 1. The molecule has 0 saturated heterocycles. The van der Waals surface area contributed by atoms with Gasteiger partial charge in [-0.25, -0.2) is 4.79 Å². The molecule has 0 fully saturated rings. The van der Waals surface area contributed by atoms with Crippen LogP contribution in [0.1, 0.15) is 45.1 Å². The lowest BCUT2D eigenvalue weighted by molar-refractivity contribution is -0.142. The van der Waals surface area contributed by atoms with Crippen LogP contribution in [-0.4, -0.2) is 82.6 Å². The molecule has 1 aromatic carbocycles. The van der Waals surface area contributed by atoms with Gasteiger partial charge in [0.15, 0.2) is 5.96 Å². The van der Waals surface area contributed by atoms with E-state index in [1.807, 2.05) is 20.1 Å². The number of rotatable bonds is 18. The molecule has 224 valence electrons. The predicted octanol–water partition coefficient (Wildman–Crippen LogP) is -0.346. The van der Waals surface area contributed by atoms with Crippen LogP contribution in [0.25, 0.3) is 0 Å². The van der Waals surface area contributed by atoms with E-state index in [1.54, 1.807) is 12.1 Å². The summed E-state index contributed by atoms with van der Waals surface area (Å²) in [4.78, 5) is 54.8. The van der Waals surface area contributed by atoms with E-state index in [0.29, 0.717) is 37.1 Å². The Kier molecular flexibility index (Phi) is 15.5. The van der Waals surface area contributed by atoms with Gasteiger partial charge >= 0.3 is 5.97 Å². The number of aliphatic imine (C=N–C) groups is 1. The molecule has 1 aromatic rings. The zero-order valence-electron chi connectivity index (χ0n) is 23.3. The fourth-order valence-corrected chi connectivity index (χ4v) is 4.22. The number of hydrogen-bond donors (Lipinski definition) is 8. The van der Waals surface area contributed by atoms with E-state index in [-0.39, 0.29) is 30.5 Å². The fourth-order valence-electron chi connectivity index (χ4n) is 3.75. The van der Waals surface area contributed by atoms with Crippen LogP contribution < -0.4 is 33.2 Å². The summed E-state index contributed by atoms with van der Waals surface area (Å²) in [5.41, 5.74) is 17.2. The third-order valence-corrected chi connectivity index (χ3v) is 6.52. The number of aliphatic carboxylic acids is 1. The van der Waals surface area contributed by atoms with Crippen LogP contribution in [0.4, 0.5) is 0 Å². The van der Waals surface area contributed by atoms with Crippen LogP contribution in [-0.2, 0) is 25.6 Å². The first kappa shape index (κ1) is 34.5. The molecule has 40 heavy (non-hydrogen) atoms. The zero-order chi connectivity index (χ0) is 30.2. The second-order valence-corrected chi connectivity index (χ2v) is 10.8. The normalized spacial score (nSPS) is 13.9. The summed E-state index contributed by atoms with van der Waals surface area (Å²) < 4.78 is 0. The minimum Gasteiger partial charge on any atom is -0.508 e. The number of phenols is 1. The van der Waals surface area contributed by atoms with Crippen molar-refractivity contribution < 1.29 is 29.4 Å². The van der Waals surface area contributed by atoms with Gasteiger partial charge in [-0.3, -0.25) is 19.4 Å². The van der Waals surface area contributed by atoms with Gasteiger partial charge in [-0.15, -0.1) is 0 Å². The molecule has 1 rings (SSSR count). The molecule has 4 atom stereocenters. The van der Waals surface area contributed by atoms with Crippen LogP contribution in [0.5, 0.6) is 5.75 Å². The molecule has 0 aliphatic heterocycles. The number of aromatic hydroxyl groups is 1. The molecule has 0 heterocycles. The fraction of sp³-hybridized carbons (Fsp3) is 0.577. The van der Waals surface area contributed by atoms with Crippen molar-refractivity contribution in [3.8, 4) is 5.75 Å². The average molecular weight is 582 g/mol. The third-order valence-electron chi connectivity index (χ3n) is 5.88. The second kappa shape index (κ2) is 17.9. The zero-order valence-corrected chi connectivity index (χ0v) is 24.1. The van der Waals surface area contributed by atoms with E-state index in [0.717, 1.165) is 0 Å². The number of amides is 3. The third kappa shape index (κ3) is 13.5. The highest BCUT2D eigenvalue weighted by Crippen LogP contribution is 2.12. The monoisotopic (exact) mass is 581 g/mol. The van der Waals surface area contributed by atoms with E-state index in [1.165, 1.54) is 23.9 Å². The molecule has 0 saturated carbocycles. The molecule has 0 aromatic heterocycles. The summed E-state index contributed by atoms with van der Waals surface area (Å²) in [6, 6.07) is 1.87. The highest BCUT2D eigenvalue weighted by molar-refractivity contribution is 7.98. The standard InChI is InChI=1S/C26H43N7O6S/c1-15(2)13-20(32-22(35)18(27)5-4-11-30-26(28)29)24(37)31-19(10-12-40-3)23(36)33-21(25(38)39)14-16-6-8-17(34)9-7-16/h6-9,15,18-21,34H,4-5,10-14,27H2,1-3H3,(H,31,37)(H,32,35)(H,33,36)(H,38,39)(H4,28,29,30). The minimum absolute atomic E-state index is 0.0162. The van der Waals surface area contributed by atoms with Crippen LogP contribution in [0, 0.1) is 5.92 Å². The summed E-state index contributed by atoms with van der Waals surface area (Å²) in [5.74, 6) is -2.44. The molecule has 0 bridgehead atoms. The Morgan fingerprint density at radius 2 is 1.50 bits per heavy atom. The van der Waals surface area contributed by atoms with Crippen LogP contribution in [0.15, 0.2) is 29.3 Å². The van der Waals surface area contributed by atoms with Gasteiger partial charge in [0.25, 0.3) is 0 Å². The largest absolute Gasteiger partial charge is 0.508 e. The maximum atomic E-state index is 13.3. The van der Waals surface area contributed by atoms with Crippen molar-refractivity contribution >= 4 is 41.4 Å². The molecule has 13 nitrogen and oxygen atoms in total. The number of guanidine groups is 1. The molecular formula is C26H43N7O6S. The molecule has 0 spiro atoms. The first-order valence-electron chi connectivity index (χ1n) is 13.1. The quantitative estimate of drug-likeness (QED) is 0.0637. The Hall–Kier alpha value is -3.52. The molecule has 4 unspecified atom stereocenters. The number of nitrogens with zero attached hydrogens (tertiary/aromatic N) is 1. The summed E-state index contributed by atoms with van der Waals surface area (Å²) in [6.45, 7) is 4.09. The molecule has 0 aliphatic carbocycles. The predicted molar refractivity (Wildman–Crippen MR) is 156 cm³/mol. The average Bonchev–Trinajstić information content (AvgIpc) is 2.88. The Balaban J connectivity index is 2.94. The molecule has 3 amide bonds. The van der Waals surface area contributed by atoms with Crippen molar-refractivity contribution in [1.29, 1.82) is 0 Å². The van der Waals surface area contributed by atoms with Crippen molar-refractivity contribution in [3.63, 3.8) is 0 Å². The molecule has 0 aliphatic rings. The van der Waals surface area contributed by atoms with Gasteiger partial charge in [-0.05, 0) is 61.3 Å². The van der Waals surface area contributed by atoms with Gasteiger partial charge in [0.1, 0.15) is 23.9 Å². The van der Waals surface area contributed by atoms with Crippen molar-refractivity contribution in [2.45, 2.75) is 70.1 Å².